The third-order valence-corrected chi connectivity index (χ3v) is 3.83. The predicted molar refractivity (Wildman–Crippen MR) is 69.4 cm³/mol. The summed E-state index contributed by atoms with van der Waals surface area (Å²) >= 11 is 0. The van der Waals surface area contributed by atoms with Crippen LogP contribution in [0.5, 0.6) is 0 Å². The maximum atomic E-state index is 10.2. The van der Waals surface area contributed by atoms with Crippen molar-refractivity contribution >= 4 is 5.57 Å². The Bertz CT molecular complexity index is 397. The van der Waals surface area contributed by atoms with Crippen LogP contribution in [-0.2, 0) is 0 Å². The van der Waals surface area contributed by atoms with Gasteiger partial charge in [0.15, 0.2) is 0 Å². The van der Waals surface area contributed by atoms with Crippen LogP contribution in [0, 0.1) is 11.8 Å². The van der Waals surface area contributed by atoms with E-state index in [9.17, 15) is 10.2 Å². The molecule has 2 N–H and O–H groups in total. The molecule has 1 aromatic carbocycles. The summed E-state index contributed by atoms with van der Waals surface area (Å²) in [6, 6.07) is 10.1. The number of hydrogen-bond donors (Lipinski definition) is 2. The molecule has 17 heavy (non-hydrogen) atoms. The van der Waals surface area contributed by atoms with E-state index < -0.39 is 12.2 Å². The zero-order valence-electron chi connectivity index (χ0n) is 10.4. The monoisotopic (exact) mass is 232 g/mol. The minimum absolute atomic E-state index is 0.0598. The van der Waals surface area contributed by atoms with E-state index in [4.69, 9.17) is 0 Å². The molecule has 1 aliphatic rings. The van der Waals surface area contributed by atoms with Crippen LogP contribution < -0.4 is 0 Å². The van der Waals surface area contributed by atoms with Crippen LogP contribution in [0.3, 0.4) is 0 Å². The first-order valence-electron chi connectivity index (χ1n) is 6.23. The number of rotatable bonds is 1. The fraction of sp³-hybridized carbons (Fsp3) is 0.467. The van der Waals surface area contributed by atoms with Gasteiger partial charge in [0.25, 0.3) is 0 Å². The standard InChI is InChI=1S/C15H20O2/c1-10-13(12-6-4-3-5-7-12)8-9-14(16)11(2)15(10)17/h3-8,10-11,14-17H,9H2,1-2H3/t10-,11+,14-,15-/m0/s1. The van der Waals surface area contributed by atoms with Crippen LogP contribution in [0.4, 0.5) is 0 Å². The summed E-state index contributed by atoms with van der Waals surface area (Å²) in [4.78, 5) is 0. The number of aliphatic hydroxyl groups is 2. The van der Waals surface area contributed by atoms with Gasteiger partial charge in [-0.25, -0.2) is 0 Å². The molecule has 2 nitrogen and oxygen atoms in total. The highest BCUT2D eigenvalue weighted by Gasteiger charge is 2.31. The Morgan fingerprint density at radius 2 is 1.71 bits per heavy atom. The van der Waals surface area contributed by atoms with Gasteiger partial charge in [0.2, 0.25) is 0 Å². The van der Waals surface area contributed by atoms with Gasteiger partial charge in [-0.05, 0) is 17.6 Å². The maximum absolute atomic E-state index is 10.2. The lowest BCUT2D eigenvalue weighted by Gasteiger charge is -2.26. The van der Waals surface area contributed by atoms with E-state index in [-0.39, 0.29) is 11.8 Å². The van der Waals surface area contributed by atoms with Gasteiger partial charge in [-0.15, -0.1) is 0 Å². The molecule has 0 amide bonds. The highest BCUT2D eigenvalue weighted by atomic mass is 16.3. The fourth-order valence-electron chi connectivity index (χ4n) is 2.53. The first kappa shape index (κ1) is 12.3. The summed E-state index contributed by atoms with van der Waals surface area (Å²) in [6.07, 6.45) is 1.75. The third kappa shape index (κ3) is 2.43. The molecule has 1 aliphatic carbocycles. The second-order valence-electron chi connectivity index (χ2n) is 4.97. The minimum atomic E-state index is -0.487. The van der Waals surface area contributed by atoms with E-state index in [1.54, 1.807) is 0 Å². The molecule has 4 atom stereocenters. The number of hydrogen-bond acceptors (Lipinski definition) is 2. The zero-order valence-corrected chi connectivity index (χ0v) is 10.4. The van der Waals surface area contributed by atoms with Gasteiger partial charge in [0.05, 0.1) is 12.2 Å². The van der Waals surface area contributed by atoms with Crippen molar-refractivity contribution in [3.63, 3.8) is 0 Å². The SMILES string of the molecule is C[C@H]1[C@@H](O)[C@@H](C)C(c2ccccc2)=CC[C@@H]1O. The zero-order chi connectivity index (χ0) is 12.4. The van der Waals surface area contributed by atoms with Crippen molar-refractivity contribution in [3.05, 3.63) is 42.0 Å². The molecule has 1 aromatic rings. The molecule has 2 rings (SSSR count). The van der Waals surface area contributed by atoms with Crippen LogP contribution in [0.25, 0.3) is 5.57 Å². The molecule has 0 bridgehead atoms. The van der Waals surface area contributed by atoms with Gasteiger partial charge in [-0.2, -0.15) is 0 Å². The molecule has 0 unspecified atom stereocenters. The van der Waals surface area contributed by atoms with Crippen molar-refractivity contribution in [1.82, 2.24) is 0 Å². The van der Waals surface area contributed by atoms with Crippen LogP contribution in [0.2, 0.25) is 0 Å². The second kappa shape index (κ2) is 5.03. The Hall–Kier alpha value is -1.12. The van der Waals surface area contributed by atoms with Crippen LogP contribution >= 0.6 is 0 Å². The van der Waals surface area contributed by atoms with Gasteiger partial charge in [-0.3, -0.25) is 0 Å². The Morgan fingerprint density at radius 3 is 2.35 bits per heavy atom. The van der Waals surface area contributed by atoms with Gasteiger partial charge < -0.3 is 10.2 Å². The fourth-order valence-corrected chi connectivity index (χ4v) is 2.53. The van der Waals surface area contributed by atoms with Crippen LogP contribution in [0.15, 0.2) is 36.4 Å². The average Bonchev–Trinajstić information content (AvgIpc) is 2.45. The molecule has 92 valence electrons. The molecule has 0 heterocycles. The van der Waals surface area contributed by atoms with Crippen molar-refractivity contribution < 1.29 is 10.2 Å². The summed E-state index contributed by atoms with van der Waals surface area (Å²) in [5, 5.41) is 20.1. The molecule has 0 aliphatic heterocycles. The van der Waals surface area contributed by atoms with Crippen LogP contribution in [-0.4, -0.2) is 22.4 Å². The van der Waals surface area contributed by atoms with Crippen molar-refractivity contribution in [1.29, 1.82) is 0 Å². The average molecular weight is 232 g/mol. The second-order valence-corrected chi connectivity index (χ2v) is 4.97. The minimum Gasteiger partial charge on any atom is -0.392 e. The van der Waals surface area contributed by atoms with Crippen molar-refractivity contribution in [2.75, 3.05) is 0 Å². The van der Waals surface area contributed by atoms with E-state index in [0.717, 1.165) is 11.1 Å². The summed E-state index contributed by atoms with van der Waals surface area (Å²) in [5.41, 5.74) is 2.28. The molecule has 0 spiro atoms. The lowest BCUT2D eigenvalue weighted by molar-refractivity contribution is 0.0116. The third-order valence-electron chi connectivity index (χ3n) is 3.83. The summed E-state index contributed by atoms with van der Waals surface area (Å²) in [5.74, 6) is -0.0213. The smallest absolute Gasteiger partial charge is 0.0656 e. The van der Waals surface area contributed by atoms with E-state index >= 15 is 0 Å². The largest absolute Gasteiger partial charge is 0.392 e. The first-order valence-corrected chi connectivity index (χ1v) is 6.23. The number of benzene rings is 1. The topological polar surface area (TPSA) is 40.5 Å². The Labute approximate surface area is 103 Å². The molecule has 0 aromatic heterocycles. The summed E-state index contributed by atoms with van der Waals surface area (Å²) in [6.45, 7) is 3.94. The van der Waals surface area contributed by atoms with E-state index in [1.807, 2.05) is 32.0 Å². The first-order chi connectivity index (χ1) is 8.11. The molecule has 0 radical (unpaired) electrons. The molecule has 0 fully saturated rings. The lowest BCUT2D eigenvalue weighted by atomic mass is 9.85. The number of aliphatic hydroxyl groups excluding tert-OH is 2. The van der Waals surface area contributed by atoms with E-state index in [0.29, 0.717) is 6.42 Å². The van der Waals surface area contributed by atoms with E-state index in [1.165, 1.54) is 0 Å². The summed E-state index contributed by atoms with van der Waals surface area (Å²) in [7, 11) is 0. The molecule has 2 heteroatoms. The van der Waals surface area contributed by atoms with Crippen LogP contribution in [0.1, 0.15) is 25.8 Å². The molecule has 0 saturated heterocycles. The van der Waals surface area contributed by atoms with E-state index in [2.05, 4.69) is 18.2 Å². The quantitative estimate of drug-likeness (QED) is 0.781. The van der Waals surface area contributed by atoms with Crippen molar-refractivity contribution in [2.24, 2.45) is 11.8 Å². The highest BCUT2D eigenvalue weighted by Crippen LogP contribution is 2.34. The Kier molecular flexibility index (Phi) is 3.65. The van der Waals surface area contributed by atoms with Gasteiger partial charge >= 0.3 is 0 Å². The summed E-state index contributed by atoms with van der Waals surface area (Å²) < 4.78 is 0. The van der Waals surface area contributed by atoms with Gasteiger partial charge in [-0.1, -0.05) is 50.3 Å². The van der Waals surface area contributed by atoms with Crippen molar-refractivity contribution in [3.8, 4) is 0 Å². The molecule has 0 saturated carbocycles. The highest BCUT2D eigenvalue weighted by molar-refractivity contribution is 5.68. The Morgan fingerprint density at radius 1 is 1.06 bits per heavy atom. The predicted octanol–water partition coefficient (Wildman–Crippen LogP) is 2.47. The van der Waals surface area contributed by atoms with Crippen molar-refractivity contribution in [2.45, 2.75) is 32.5 Å². The molecular weight excluding hydrogens is 212 g/mol. The Balaban J connectivity index is 2.34. The maximum Gasteiger partial charge on any atom is 0.0656 e. The molecular formula is C15H20O2. The van der Waals surface area contributed by atoms with Gasteiger partial charge in [0.1, 0.15) is 0 Å². The lowest BCUT2D eigenvalue weighted by Crippen LogP contribution is -2.32. The normalized spacial score (nSPS) is 34.0. The van der Waals surface area contributed by atoms with Gasteiger partial charge in [0, 0.05) is 11.8 Å².